The number of benzene rings is 1. The molecule has 1 aromatic carbocycles. The topological polar surface area (TPSA) is 66.9 Å². The van der Waals surface area contributed by atoms with Gasteiger partial charge in [0.25, 0.3) is 0 Å². The van der Waals surface area contributed by atoms with E-state index in [2.05, 4.69) is 0 Å². The van der Waals surface area contributed by atoms with Gasteiger partial charge >= 0.3 is 0 Å². The van der Waals surface area contributed by atoms with Crippen molar-refractivity contribution < 1.29 is 22.3 Å². The highest BCUT2D eigenvalue weighted by molar-refractivity contribution is 7.89. The molecular weight excluding hydrogens is 371 g/mol. The summed E-state index contributed by atoms with van der Waals surface area (Å²) in [5.74, 6) is -0.623. The Morgan fingerprint density at radius 2 is 1.74 bits per heavy atom. The fourth-order valence-corrected chi connectivity index (χ4v) is 5.54. The first-order valence-electron chi connectivity index (χ1n) is 9.58. The largest absolute Gasteiger partial charge is 0.381 e. The SMILES string of the molecule is CCC(=O)N(C1CCOCC1)C1CCN(S(=O)(=O)c2ccccc2F)CC1. The molecule has 27 heavy (non-hydrogen) atoms. The second-order valence-electron chi connectivity index (χ2n) is 7.06. The first kappa shape index (κ1) is 20.2. The highest BCUT2D eigenvalue weighted by Crippen LogP contribution is 2.28. The van der Waals surface area contributed by atoms with E-state index in [0.717, 1.165) is 18.9 Å². The first-order chi connectivity index (χ1) is 12.9. The Labute approximate surface area is 160 Å². The van der Waals surface area contributed by atoms with Gasteiger partial charge in [-0.25, -0.2) is 12.8 Å². The number of hydrogen-bond acceptors (Lipinski definition) is 4. The predicted octanol–water partition coefficient (Wildman–Crippen LogP) is 2.40. The molecule has 0 spiro atoms. The van der Waals surface area contributed by atoms with Gasteiger partial charge < -0.3 is 9.64 Å². The van der Waals surface area contributed by atoms with Crippen LogP contribution in [-0.4, -0.2) is 61.9 Å². The molecule has 8 heteroatoms. The van der Waals surface area contributed by atoms with E-state index in [4.69, 9.17) is 4.74 Å². The maximum absolute atomic E-state index is 14.0. The molecule has 1 amide bonds. The molecule has 0 bridgehead atoms. The lowest BCUT2D eigenvalue weighted by molar-refractivity contribution is -0.139. The van der Waals surface area contributed by atoms with Gasteiger partial charge in [-0.1, -0.05) is 19.1 Å². The quantitative estimate of drug-likeness (QED) is 0.764. The van der Waals surface area contributed by atoms with Crippen molar-refractivity contribution in [2.75, 3.05) is 26.3 Å². The van der Waals surface area contributed by atoms with Crippen LogP contribution in [0.2, 0.25) is 0 Å². The van der Waals surface area contributed by atoms with E-state index in [9.17, 15) is 17.6 Å². The van der Waals surface area contributed by atoms with Crippen molar-refractivity contribution in [2.24, 2.45) is 0 Å². The first-order valence-corrected chi connectivity index (χ1v) is 11.0. The number of rotatable bonds is 5. The third kappa shape index (κ3) is 4.33. The lowest BCUT2D eigenvalue weighted by Crippen LogP contribution is -2.53. The predicted molar refractivity (Wildman–Crippen MR) is 99.2 cm³/mol. The van der Waals surface area contributed by atoms with Gasteiger partial charge in [-0.05, 0) is 37.8 Å². The molecule has 0 aromatic heterocycles. The highest BCUT2D eigenvalue weighted by Gasteiger charge is 2.36. The van der Waals surface area contributed by atoms with Crippen LogP contribution in [0, 0.1) is 5.82 Å². The molecule has 0 atom stereocenters. The Morgan fingerprint density at radius 1 is 1.15 bits per heavy atom. The molecule has 6 nitrogen and oxygen atoms in total. The van der Waals surface area contributed by atoms with Gasteiger partial charge in [0.15, 0.2) is 0 Å². The van der Waals surface area contributed by atoms with Crippen LogP contribution >= 0.6 is 0 Å². The van der Waals surface area contributed by atoms with Crippen LogP contribution in [-0.2, 0) is 19.6 Å². The number of piperidine rings is 1. The van der Waals surface area contributed by atoms with Crippen LogP contribution in [0.3, 0.4) is 0 Å². The standard InChI is InChI=1S/C19H27FN2O4S/c1-2-19(23)22(16-9-13-26-14-10-16)15-7-11-21(12-8-15)27(24,25)18-6-4-3-5-17(18)20/h3-6,15-16H,2,7-14H2,1H3. The van der Waals surface area contributed by atoms with Gasteiger partial charge in [-0.3, -0.25) is 4.79 Å². The van der Waals surface area contributed by atoms with Gasteiger partial charge in [-0.15, -0.1) is 0 Å². The summed E-state index contributed by atoms with van der Waals surface area (Å²) in [6.45, 7) is 3.74. The van der Waals surface area contributed by atoms with Gasteiger partial charge in [0.2, 0.25) is 15.9 Å². The number of nitrogens with zero attached hydrogens (tertiary/aromatic N) is 2. The summed E-state index contributed by atoms with van der Waals surface area (Å²) in [5, 5.41) is 0. The number of carbonyl (C=O) groups excluding carboxylic acids is 1. The molecule has 2 heterocycles. The van der Waals surface area contributed by atoms with Crippen LogP contribution in [0.15, 0.2) is 29.2 Å². The van der Waals surface area contributed by atoms with E-state index in [0.29, 0.717) is 32.5 Å². The zero-order valence-electron chi connectivity index (χ0n) is 15.6. The number of ether oxygens (including phenoxy) is 1. The highest BCUT2D eigenvalue weighted by atomic mass is 32.2. The van der Waals surface area contributed by atoms with Gasteiger partial charge in [0.05, 0.1) is 0 Å². The number of carbonyl (C=O) groups is 1. The Morgan fingerprint density at radius 3 is 2.33 bits per heavy atom. The number of hydrogen-bond donors (Lipinski definition) is 0. The minimum atomic E-state index is -3.86. The fourth-order valence-electron chi connectivity index (χ4n) is 4.01. The second-order valence-corrected chi connectivity index (χ2v) is 8.97. The number of sulfonamides is 1. The molecule has 2 fully saturated rings. The maximum atomic E-state index is 14.0. The van der Waals surface area contributed by atoms with Crippen LogP contribution in [0.1, 0.15) is 39.0 Å². The molecule has 0 aliphatic carbocycles. The van der Waals surface area contributed by atoms with Crippen molar-refractivity contribution in [3.05, 3.63) is 30.1 Å². The third-order valence-electron chi connectivity index (χ3n) is 5.45. The molecule has 0 N–H and O–H groups in total. The van der Waals surface area contributed by atoms with Crippen molar-refractivity contribution in [1.29, 1.82) is 0 Å². The molecule has 0 unspecified atom stereocenters. The Kier molecular flexibility index (Phi) is 6.49. The molecular formula is C19H27FN2O4S. The monoisotopic (exact) mass is 398 g/mol. The zero-order chi connectivity index (χ0) is 19.4. The molecule has 3 rings (SSSR count). The van der Waals surface area contributed by atoms with Gasteiger partial charge in [-0.2, -0.15) is 4.31 Å². The lowest BCUT2D eigenvalue weighted by Gasteiger charge is -2.43. The van der Waals surface area contributed by atoms with Crippen LogP contribution < -0.4 is 0 Å². The van der Waals surface area contributed by atoms with Crippen molar-refractivity contribution in [3.8, 4) is 0 Å². The third-order valence-corrected chi connectivity index (χ3v) is 7.38. The summed E-state index contributed by atoms with van der Waals surface area (Å²) in [6.07, 6.45) is 3.21. The summed E-state index contributed by atoms with van der Waals surface area (Å²) in [5.41, 5.74) is 0. The summed E-state index contributed by atoms with van der Waals surface area (Å²) >= 11 is 0. The average Bonchev–Trinajstić information content (AvgIpc) is 2.69. The van der Waals surface area contributed by atoms with Crippen LogP contribution in [0.4, 0.5) is 4.39 Å². The average molecular weight is 399 g/mol. The minimum absolute atomic E-state index is 0.0209. The maximum Gasteiger partial charge on any atom is 0.245 e. The number of halogens is 1. The van der Waals surface area contributed by atoms with Crippen molar-refractivity contribution in [1.82, 2.24) is 9.21 Å². The van der Waals surface area contributed by atoms with E-state index in [1.165, 1.54) is 22.5 Å². The minimum Gasteiger partial charge on any atom is -0.381 e. The van der Waals surface area contributed by atoms with E-state index < -0.39 is 15.8 Å². The normalized spacial score (nSPS) is 20.5. The lowest BCUT2D eigenvalue weighted by atomic mass is 9.98. The van der Waals surface area contributed by atoms with Crippen LogP contribution in [0.25, 0.3) is 0 Å². The molecule has 2 aliphatic heterocycles. The van der Waals surface area contributed by atoms with Crippen molar-refractivity contribution >= 4 is 15.9 Å². The van der Waals surface area contributed by atoms with E-state index in [-0.39, 0.29) is 36.0 Å². The summed E-state index contributed by atoms with van der Waals surface area (Å²) in [6, 6.07) is 5.63. The Balaban J connectivity index is 1.71. The van der Waals surface area contributed by atoms with E-state index in [1.54, 1.807) is 0 Å². The van der Waals surface area contributed by atoms with Crippen molar-refractivity contribution in [2.45, 2.75) is 56.0 Å². The molecule has 2 aliphatic rings. The number of amides is 1. The summed E-state index contributed by atoms with van der Waals surface area (Å²) in [7, 11) is -3.86. The van der Waals surface area contributed by atoms with Crippen LogP contribution in [0.5, 0.6) is 0 Å². The molecule has 0 radical (unpaired) electrons. The zero-order valence-corrected chi connectivity index (χ0v) is 16.5. The fraction of sp³-hybridized carbons (Fsp3) is 0.632. The second kappa shape index (κ2) is 8.67. The van der Waals surface area contributed by atoms with E-state index >= 15 is 0 Å². The molecule has 150 valence electrons. The Hall–Kier alpha value is -1.51. The molecule has 0 saturated carbocycles. The smallest absolute Gasteiger partial charge is 0.245 e. The summed E-state index contributed by atoms with van der Waals surface area (Å²) < 4.78 is 46.2. The molecule has 2 saturated heterocycles. The van der Waals surface area contributed by atoms with Crippen molar-refractivity contribution in [3.63, 3.8) is 0 Å². The van der Waals surface area contributed by atoms with Gasteiger partial charge in [0, 0.05) is 44.8 Å². The van der Waals surface area contributed by atoms with E-state index in [1.807, 2.05) is 11.8 Å². The molecule has 1 aromatic rings. The Bertz CT molecular complexity index is 757. The van der Waals surface area contributed by atoms with Gasteiger partial charge in [0.1, 0.15) is 10.7 Å². The summed E-state index contributed by atoms with van der Waals surface area (Å²) in [4.78, 5) is 14.2.